The first-order chi connectivity index (χ1) is 12.5. The van der Waals surface area contributed by atoms with Crippen LogP contribution in [0.15, 0.2) is 54.6 Å². The molecule has 0 heterocycles. The summed E-state index contributed by atoms with van der Waals surface area (Å²) >= 11 is 0. The van der Waals surface area contributed by atoms with Crippen LogP contribution in [0.1, 0.15) is 12.5 Å². The SMILES string of the molecule is CCOc1ccc(C=CC(=O)Nc2ccc(N(C)C(=O)OC)cc2)cc1. The summed E-state index contributed by atoms with van der Waals surface area (Å²) in [5, 5.41) is 2.77. The summed E-state index contributed by atoms with van der Waals surface area (Å²) in [6.45, 7) is 2.55. The van der Waals surface area contributed by atoms with E-state index in [9.17, 15) is 9.59 Å². The van der Waals surface area contributed by atoms with Gasteiger partial charge in [0, 0.05) is 24.5 Å². The van der Waals surface area contributed by atoms with E-state index in [4.69, 9.17) is 4.74 Å². The topological polar surface area (TPSA) is 67.9 Å². The minimum Gasteiger partial charge on any atom is -0.494 e. The summed E-state index contributed by atoms with van der Waals surface area (Å²) in [6.07, 6.45) is 2.73. The van der Waals surface area contributed by atoms with Gasteiger partial charge in [-0.1, -0.05) is 12.1 Å². The number of benzene rings is 2. The largest absolute Gasteiger partial charge is 0.494 e. The average Bonchev–Trinajstić information content (AvgIpc) is 2.67. The number of methoxy groups -OCH3 is 1. The van der Waals surface area contributed by atoms with Crippen molar-refractivity contribution in [1.82, 2.24) is 0 Å². The summed E-state index contributed by atoms with van der Waals surface area (Å²) < 4.78 is 10.0. The fourth-order valence-corrected chi connectivity index (χ4v) is 2.21. The Kier molecular flexibility index (Phi) is 6.79. The molecule has 0 fully saturated rings. The van der Waals surface area contributed by atoms with Crippen LogP contribution < -0.4 is 15.0 Å². The molecule has 0 aliphatic carbocycles. The number of rotatable bonds is 6. The number of anilines is 2. The normalized spacial score (nSPS) is 10.4. The minimum absolute atomic E-state index is 0.243. The second-order valence-corrected chi connectivity index (χ2v) is 5.40. The van der Waals surface area contributed by atoms with Gasteiger partial charge in [0.15, 0.2) is 0 Å². The Balaban J connectivity index is 1.93. The number of hydrogen-bond acceptors (Lipinski definition) is 4. The van der Waals surface area contributed by atoms with Crippen LogP contribution in [-0.4, -0.2) is 32.8 Å². The van der Waals surface area contributed by atoms with E-state index in [0.29, 0.717) is 18.0 Å². The first-order valence-corrected chi connectivity index (χ1v) is 8.17. The highest BCUT2D eigenvalue weighted by Crippen LogP contribution is 2.18. The van der Waals surface area contributed by atoms with E-state index in [2.05, 4.69) is 10.1 Å². The molecule has 0 saturated carbocycles. The first-order valence-electron chi connectivity index (χ1n) is 8.17. The smallest absolute Gasteiger partial charge is 0.413 e. The third-order valence-corrected chi connectivity index (χ3v) is 3.59. The molecular weight excluding hydrogens is 332 g/mol. The molecule has 2 aromatic carbocycles. The average molecular weight is 354 g/mol. The molecule has 1 N–H and O–H groups in total. The van der Waals surface area contributed by atoms with Crippen molar-refractivity contribution in [2.75, 3.05) is 31.0 Å². The number of hydrogen-bond donors (Lipinski definition) is 1. The molecule has 0 unspecified atom stereocenters. The maximum atomic E-state index is 12.0. The van der Waals surface area contributed by atoms with Gasteiger partial charge in [-0.15, -0.1) is 0 Å². The Bertz CT molecular complexity index is 767. The Hall–Kier alpha value is -3.28. The van der Waals surface area contributed by atoms with E-state index >= 15 is 0 Å². The van der Waals surface area contributed by atoms with Gasteiger partial charge >= 0.3 is 6.09 Å². The zero-order valence-electron chi connectivity index (χ0n) is 15.1. The molecule has 0 saturated heterocycles. The summed E-state index contributed by atoms with van der Waals surface area (Å²) in [4.78, 5) is 24.9. The second kappa shape index (κ2) is 9.27. The molecule has 0 aliphatic heterocycles. The predicted octanol–water partition coefficient (Wildman–Crippen LogP) is 3.94. The lowest BCUT2D eigenvalue weighted by molar-refractivity contribution is -0.111. The number of ether oxygens (including phenoxy) is 2. The highest BCUT2D eigenvalue weighted by Gasteiger charge is 2.10. The van der Waals surface area contributed by atoms with Crippen LogP contribution in [0.5, 0.6) is 5.75 Å². The van der Waals surface area contributed by atoms with Gasteiger partial charge in [0.1, 0.15) is 5.75 Å². The molecule has 2 aromatic rings. The molecule has 6 heteroatoms. The maximum absolute atomic E-state index is 12.0. The van der Waals surface area contributed by atoms with E-state index < -0.39 is 6.09 Å². The standard InChI is InChI=1S/C20H22N2O4/c1-4-26-18-12-5-15(6-13-18)7-14-19(23)21-16-8-10-17(11-9-16)22(2)20(24)25-3/h5-14H,4H2,1-3H3,(H,21,23). The Morgan fingerprint density at radius 2 is 1.73 bits per heavy atom. The predicted molar refractivity (Wildman–Crippen MR) is 103 cm³/mol. The molecule has 0 atom stereocenters. The van der Waals surface area contributed by atoms with Gasteiger partial charge < -0.3 is 14.8 Å². The van der Waals surface area contributed by atoms with Gasteiger partial charge in [0.2, 0.25) is 5.91 Å². The van der Waals surface area contributed by atoms with Crippen LogP contribution in [0, 0.1) is 0 Å². The van der Waals surface area contributed by atoms with Gasteiger partial charge in [0.05, 0.1) is 13.7 Å². The number of amides is 2. The van der Waals surface area contributed by atoms with Crippen molar-refractivity contribution in [3.63, 3.8) is 0 Å². The molecular formula is C20H22N2O4. The third-order valence-electron chi connectivity index (χ3n) is 3.59. The van der Waals surface area contributed by atoms with Gasteiger partial charge in [-0.3, -0.25) is 9.69 Å². The monoisotopic (exact) mass is 354 g/mol. The zero-order valence-corrected chi connectivity index (χ0v) is 15.1. The van der Waals surface area contributed by atoms with E-state index in [-0.39, 0.29) is 5.91 Å². The second-order valence-electron chi connectivity index (χ2n) is 5.40. The molecule has 0 spiro atoms. The Labute approximate surface area is 153 Å². The molecule has 0 radical (unpaired) electrons. The molecule has 6 nitrogen and oxygen atoms in total. The van der Waals surface area contributed by atoms with Gasteiger partial charge in [-0.2, -0.15) is 0 Å². The quantitative estimate of drug-likeness (QED) is 0.798. The van der Waals surface area contributed by atoms with E-state index in [1.807, 2.05) is 31.2 Å². The molecule has 136 valence electrons. The van der Waals surface area contributed by atoms with E-state index in [1.165, 1.54) is 18.1 Å². The van der Waals surface area contributed by atoms with Crippen LogP contribution in [0.2, 0.25) is 0 Å². The lowest BCUT2D eigenvalue weighted by Gasteiger charge is -2.15. The van der Waals surface area contributed by atoms with Gasteiger partial charge in [0.25, 0.3) is 0 Å². The van der Waals surface area contributed by atoms with Gasteiger partial charge in [-0.25, -0.2) is 4.79 Å². The van der Waals surface area contributed by atoms with Crippen LogP contribution in [-0.2, 0) is 9.53 Å². The highest BCUT2D eigenvalue weighted by molar-refractivity contribution is 6.02. The molecule has 0 aromatic heterocycles. The summed E-state index contributed by atoms with van der Waals surface area (Å²) in [6, 6.07) is 14.4. The third kappa shape index (κ3) is 5.37. The molecule has 0 aliphatic rings. The van der Waals surface area contributed by atoms with E-state index in [1.54, 1.807) is 37.4 Å². The summed E-state index contributed by atoms with van der Waals surface area (Å²) in [5.74, 6) is 0.555. The number of nitrogens with zero attached hydrogens (tertiary/aromatic N) is 1. The van der Waals surface area contributed by atoms with Crippen molar-refractivity contribution in [3.05, 3.63) is 60.2 Å². The van der Waals surface area contributed by atoms with Crippen molar-refractivity contribution in [3.8, 4) is 5.75 Å². The lowest BCUT2D eigenvalue weighted by atomic mass is 10.2. The highest BCUT2D eigenvalue weighted by atomic mass is 16.5. The molecule has 2 amide bonds. The van der Waals surface area contributed by atoms with Crippen molar-refractivity contribution in [1.29, 1.82) is 0 Å². The van der Waals surface area contributed by atoms with Crippen molar-refractivity contribution >= 4 is 29.5 Å². The van der Waals surface area contributed by atoms with Gasteiger partial charge in [-0.05, 0) is 55.0 Å². The van der Waals surface area contributed by atoms with Crippen molar-refractivity contribution < 1.29 is 19.1 Å². The number of nitrogens with one attached hydrogen (secondary N) is 1. The van der Waals surface area contributed by atoms with Crippen LogP contribution in [0.3, 0.4) is 0 Å². The number of carbonyl (C=O) groups is 2. The summed E-state index contributed by atoms with van der Waals surface area (Å²) in [7, 11) is 2.93. The van der Waals surface area contributed by atoms with Crippen LogP contribution in [0.25, 0.3) is 6.08 Å². The van der Waals surface area contributed by atoms with E-state index in [0.717, 1.165) is 11.3 Å². The zero-order chi connectivity index (χ0) is 18.9. The molecule has 0 bridgehead atoms. The van der Waals surface area contributed by atoms with Crippen LogP contribution in [0.4, 0.5) is 16.2 Å². The van der Waals surface area contributed by atoms with Crippen molar-refractivity contribution in [2.45, 2.75) is 6.92 Å². The maximum Gasteiger partial charge on any atom is 0.413 e. The molecule has 26 heavy (non-hydrogen) atoms. The summed E-state index contributed by atoms with van der Waals surface area (Å²) in [5.41, 5.74) is 2.20. The minimum atomic E-state index is -0.458. The van der Waals surface area contributed by atoms with Crippen molar-refractivity contribution in [2.24, 2.45) is 0 Å². The fourth-order valence-electron chi connectivity index (χ4n) is 2.21. The Morgan fingerprint density at radius 1 is 1.08 bits per heavy atom. The fraction of sp³-hybridized carbons (Fsp3) is 0.200. The van der Waals surface area contributed by atoms with Crippen LogP contribution >= 0.6 is 0 Å². The number of carbonyl (C=O) groups excluding carboxylic acids is 2. The Morgan fingerprint density at radius 3 is 2.31 bits per heavy atom. The first kappa shape index (κ1) is 19.1. The lowest BCUT2D eigenvalue weighted by Crippen LogP contribution is -2.25. The molecule has 2 rings (SSSR count).